The fourth-order valence-electron chi connectivity index (χ4n) is 0.889. The van der Waals surface area contributed by atoms with Crippen LogP contribution in [0.25, 0.3) is 0 Å². The molecule has 0 spiro atoms. The number of anilines is 1. The SMILES string of the molecule is OC(CF)CNc1cccc(Br)c1. The number of aliphatic hydroxyl groups is 1. The molecule has 0 aromatic heterocycles. The molecule has 2 nitrogen and oxygen atoms in total. The lowest BCUT2D eigenvalue weighted by molar-refractivity contribution is 0.151. The van der Waals surface area contributed by atoms with Crippen LogP contribution in [0.5, 0.6) is 0 Å². The average Bonchev–Trinajstić information content (AvgIpc) is 2.14. The number of alkyl halides is 1. The summed E-state index contributed by atoms with van der Waals surface area (Å²) in [5, 5.41) is 11.9. The van der Waals surface area contributed by atoms with Crippen LogP contribution in [0.1, 0.15) is 0 Å². The Morgan fingerprint density at radius 2 is 2.31 bits per heavy atom. The Kier molecular flexibility index (Phi) is 4.18. The lowest BCUT2D eigenvalue weighted by Crippen LogP contribution is -2.21. The maximum Gasteiger partial charge on any atom is 0.117 e. The number of rotatable bonds is 4. The van der Waals surface area contributed by atoms with Gasteiger partial charge in [0.15, 0.2) is 0 Å². The minimum absolute atomic E-state index is 0.229. The Morgan fingerprint density at radius 3 is 2.92 bits per heavy atom. The summed E-state index contributed by atoms with van der Waals surface area (Å²) in [6, 6.07) is 7.49. The zero-order chi connectivity index (χ0) is 9.68. The molecule has 0 aliphatic heterocycles. The van der Waals surface area contributed by atoms with Crippen LogP contribution in [0, 0.1) is 0 Å². The van der Waals surface area contributed by atoms with E-state index in [0.29, 0.717) is 0 Å². The molecule has 1 rings (SSSR count). The number of hydrogen-bond acceptors (Lipinski definition) is 2. The summed E-state index contributed by atoms with van der Waals surface area (Å²) >= 11 is 3.31. The van der Waals surface area contributed by atoms with Crippen LogP contribution in [-0.2, 0) is 0 Å². The quantitative estimate of drug-likeness (QED) is 0.856. The van der Waals surface area contributed by atoms with Gasteiger partial charge < -0.3 is 10.4 Å². The summed E-state index contributed by atoms with van der Waals surface area (Å²) in [4.78, 5) is 0. The van der Waals surface area contributed by atoms with Crippen molar-refractivity contribution in [1.82, 2.24) is 0 Å². The molecule has 0 aliphatic rings. The topological polar surface area (TPSA) is 32.3 Å². The predicted octanol–water partition coefficient (Wildman–Crippen LogP) is 2.19. The molecule has 0 saturated carbocycles. The van der Waals surface area contributed by atoms with Gasteiger partial charge in [0.1, 0.15) is 6.67 Å². The Balaban J connectivity index is 2.45. The number of halogens is 2. The summed E-state index contributed by atoms with van der Waals surface area (Å²) in [6.07, 6.45) is -0.931. The molecule has 1 unspecified atom stereocenters. The van der Waals surface area contributed by atoms with Crippen LogP contribution in [-0.4, -0.2) is 24.4 Å². The number of hydrogen-bond donors (Lipinski definition) is 2. The van der Waals surface area contributed by atoms with E-state index in [1.165, 1.54) is 0 Å². The molecule has 0 saturated heterocycles. The highest BCUT2D eigenvalue weighted by Gasteiger charge is 2.01. The molecule has 0 fully saturated rings. The van der Waals surface area contributed by atoms with Gasteiger partial charge in [0, 0.05) is 16.7 Å². The molecule has 0 aliphatic carbocycles. The molecule has 1 aromatic carbocycles. The van der Waals surface area contributed by atoms with Crippen molar-refractivity contribution in [2.45, 2.75) is 6.10 Å². The molecule has 2 N–H and O–H groups in total. The van der Waals surface area contributed by atoms with E-state index >= 15 is 0 Å². The second-order valence-corrected chi connectivity index (χ2v) is 3.62. The molecule has 0 heterocycles. The van der Waals surface area contributed by atoms with Gasteiger partial charge in [-0.15, -0.1) is 0 Å². The molecule has 0 radical (unpaired) electrons. The second kappa shape index (κ2) is 5.19. The molecule has 1 atom stereocenters. The molecular formula is C9H11BrFNO. The highest BCUT2D eigenvalue weighted by molar-refractivity contribution is 9.10. The van der Waals surface area contributed by atoms with Gasteiger partial charge in [0.2, 0.25) is 0 Å². The van der Waals surface area contributed by atoms with Gasteiger partial charge in [-0.2, -0.15) is 0 Å². The Morgan fingerprint density at radius 1 is 1.54 bits per heavy atom. The maximum atomic E-state index is 11.9. The highest BCUT2D eigenvalue weighted by atomic mass is 79.9. The summed E-state index contributed by atoms with van der Waals surface area (Å²) in [5.41, 5.74) is 0.863. The first-order valence-electron chi connectivity index (χ1n) is 3.96. The van der Waals surface area contributed by atoms with Crippen molar-refractivity contribution in [3.05, 3.63) is 28.7 Å². The van der Waals surface area contributed by atoms with Gasteiger partial charge in [-0.25, -0.2) is 4.39 Å². The largest absolute Gasteiger partial charge is 0.389 e. The van der Waals surface area contributed by atoms with Crippen LogP contribution in [0.2, 0.25) is 0 Å². The van der Waals surface area contributed by atoms with E-state index < -0.39 is 12.8 Å². The highest BCUT2D eigenvalue weighted by Crippen LogP contribution is 2.15. The summed E-state index contributed by atoms with van der Waals surface area (Å²) in [6.45, 7) is -0.492. The van der Waals surface area contributed by atoms with Crippen molar-refractivity contribution >= 4 is 21.6 Å². The Hall–Kier alpha value is -0.610. The third-order valence-electron chi connectivity index (χ3n) is 1.54. The van der Waals surface area contributed by atoms with Crippen molar-refractivity contribution in [3.63, 3.8) is 0 Å². The van der Waals surface area contributed by atoms with Crippen molar-refractivity contribution in [2.24, 2.45) is 0 Å². The molecule has 4 heteroatoms. The van der Waals surface area contributed by atoms with E-state index in [-0.39, 0.29) is 6.54 Å². The van der Waals surface area contributed by atoms with Crippen molar-refractivity contribution in [3.8, 4) is 0 Å². The van der Waals surface area contributed by atoms with Crippen LogP contribution < -0.4 is 5.32 Å². The zero-order valence-corrected chi connectivity index (χ0v) is 8.59. The number of aliphatic hydroxyl groups excluding tert-OH is 1. The van der Waals surface area contributed by atoms with E-state index in [9.17, 15) is 4.39 Å². The minimum Gasteiger partial charge on any atom is -0.389 e. The molecule has 1 aromatic rings. The zero-order valence-electron chi connectivity index (χ0n) is 7.00. The Bertz CT molecular complexity index is 270. The van der Waals surface area contributed by atoms with Crippen LogP contribution in [0.4, 0.5) is 10.1 Å². The monoisotopic (exact) mass is 247 g/mol. The fourth-order valence-corrected chi connectivity index (χ4v) is 1.29. The first-order valence-corrected chi connectivity index (χ1v) is 4.75. The molecule has 13 heavy (non-hydrogen) atoms. The molecular weight excluding hydrogens is 237 g/mol. The van der Waals surface area contributed by atoms with Crippen molar-refractivity contribution < 1.29 is 9.50 Å². The third kappa shape index (κ3) is 3.74. The van der Waals surface area contributed by atoms with Gasteiger partial charge in [-0.3, -0.25) is 0 Å². The molecule has 72 valence electrons. The minimum atomic E-state index is -0.931. The van der Waals surface area contributed by atoms with Gasteiger partial charge in [0.25, 0.3) is 0 Å². The van der Waals surface area contributed by atoms with E-state index in [1.807, 2.05) is 24.3 Å². The maximum absolute atomic E-state index is 11.9. The summed E-state index contributed by atoms with van der Waals surface area (Å²) < 4.78 is 12.8. The number of benzene rings is 1. The normalized spacial score (nSPS) is 12.5. The number of nitrogens with one attached hydrogen (secondary N) is 1. The predicted molar refractivity (Wildman–Crippen MR) is 54.6 cm³/mol. The van der Waals surface area contributed by atoms with E-state index in [2.05, 4.69) is 21.2 Å². The van der Waals surface area contributed by atoms with Crippen LogP contribution in [0.3, 0.4) is 0 Å². The van der Waals surface area contributed by atoms with Gasteiger partial charge in [-0.05, 0) is 18.2 Å². The molecule has 0 bridgehead atoms. The van der Waals surface area contributed by atoms with E-state index in [1.54, 1.807) is 0 Å². The third-order valence-corrected chi connectivity index (χ3v) is 2.04. The Labute approximate surface area is 84.9 Å². The lowest BCUT2D eigenvalue weighted by Gasteiger charge is -2.09. The average molecular weight is 248 g/mol. The van der Waals surface area contributed by atoms with E-state index in [4.69, 9.17) is 5.11 Å². The second-order valence-electron chi connectivity index (χ2n) is 2.70. The van der Waals surface area contributed by atoms with Crippen LogP contribution in [0.15, 0.2) is 28.7 Å². The van der Waals surface area contributed by atoms with Gasteiger partial charge >= 0.3 is 0 Å². The lowest BCUT2D eigenvalue weighted by atomic mass is 10.3. The van der Waals surface area contributed by atoms with Crippen molar-refractivity contribution in [1.29, 1.82) is 0 Å². The van der Waals surface area contributed by atoms with Crippen molar-refractivity contribution in [2.75, 3.05) is 18.5 Å². The fraction of sp³-hybridized carbons (Fsp3) is 0.333. The summed E-state index contributed by atoms with van der Waals surface area (Å²) in [7, 11) is 0. The first-order chi connectivity index (χ1) is 6.22. The van der Waals surface area contributed by atoms with Gasteiger partial charge in [0.05, 0.1) is 6.10 Å². The van der Waals surface area contributed by atoms with Gasteiger partial charge in [-0.1, -0.05) is 22.0 Å². The first kappa shape index (κ1) is 10.5. The van der Waals surface area contributed by atoms with E-state index in [0.717, 1.165) is 10.2 Å². The summed E-state index contributed by atoms with van der Waals surface area (Å²) in [5.74, 6) is 0. The standard InChI is InChI=1S/C9H11BrFNO/c10-7-2-1-3-8(4-7)12-6-9(13)5-11/h1-4,9,12-13H,5-6H2. The molecule has 0 amide bonds. The smallest absolute Gasteiger partial charge is 0.117 e. The van der Waals surface area contributed by atoms with Crippen LogP contribution >= 0.6 is 15.9 Å².